The summed E-state index contributed by atoms with van der Waals surface area (Å²) in [5.74, 6) is 0.874. The maximum absolute atomic E-state index is 12.1. The highest BCUT2D eigenvalue weighted by atomic mass is 16.4. The first kappa shape index (κ1) is 15.6. The lowest BCUT2D eigenvalue weighted by molar-refractivity contribution is 0.0945. The third-order valence-corrected chi connectivity index (χ3v) is 4.23. The van der Waals surface area contributed by atoms with Gasteiger partial charge >= 0.3 is 0 Å². The van der Waals surface area contributed by atoms with E-state index in [0.29, 0.717) is 23.9 Å². The van der Waals surface area contributed by atoms with Crippen molar-refractivity contribution in [1.82, 2.24) is 10.3 Å². The molecule has 0 unspecified atom stereocenters. The highest BCUT2D eigenvalue weighted by Crippen LogP contribution is 2.20. The largest absolute Gasteiger partial charge is 0.445 e. The summed E-state index contributed by atoms with van der Waals surface area (Å²) in [5.41, 5.74) is 2.71. The zero-order valence-electron chi connectivity index (χ0n) is 13.8. The van der Waals surface area contributed by atoms with Gasteiger partial charge in [-0.1, -0.05) is 12.1 Å². The summed E-state index contributed by atoms with van der Waals surface area (Å²) < 4.78 is 5.29. The second-order valence-electron chi connectivity index (χ2n) is 6.03. The van der Waals surface area contributed by atoms with Gasteiger partial charge < -0.3 is 14.6 Å². The highest BCUT2D eigenvalue weighted by molar-refractivity contribution is 5.93. The molecule has 0 saturated carbocycles. The van der Waals surface area contributed by atoms with Gasteiger partial charge in [0.25, 0.3) is 5.91 Å². The fourth-order valence-electron chi connectivity index (χ4n) is 2.98. The second kappa shape index (κ2) is 6.86. The quantitative estimate of drug-likeness (QED) is 0.941. The molecule has 1 amide bonds. The molecule has 1 aliphatic rings. The molecule has 0 spiro atoms. The molecule has 23 heavy (non-hydrogen) atoms. The number of carbonyl (C=O) groups excluding carboxylic acids is 1. The van der Waals surface area contributed by atoms with Crippen LogP contribution in [0.25, 0.3) is 0 Å². The van der Waals surface area contributed by atoms with E-state index in [2.05, 4.69) is 39.5 Å². The Morgan fingerprint density at radius 1 is 1.17 bits per heavy atom. The zero-order chi connectivity index (χ0) is 16.2. The van der Waals surface area contributed by atoms with E-state index in [1.54, 1.807) is 13.8 Å². The molecular weight excluding hydrogens is 290 g/mol. The van der Waals surface area contributed by atoms with Gasteiger partial charge in [-0.25, -0.2) is 4.98 Å². The van der Waals surface area contributed by atoms with Gasteiger partial charge in [-0.3, -0.25) is 4.79 Å². The van der Waals surface area contributed by atoms with E-state index in [0.717, 1.165) is 18.7 Å². The van der Waals surface area contributed by atoms with Crippen LogP contribution in [0.15, 0.2) is 28.7 Å². The third-order valence-electron chi connectivity index (χ3n) is 4.23. The number of hydrogen-bond acceptors (Lipinski definition) is 4. The molecule has 1 aromatic heterocycles. The number of nitrogens with zero attached hydrogens (tertiary/aromatic N) is 2. The van der Waals surface area contributed by atoms with Crippen molar-refractivity contribution in [3.8, 4) is 0 Å². The van der Waals surface area contributed by atoms with Gasteiger partial charge in [-0.05, 0) is 43.9 Å². The van der Waals surface area contributed by atoms with E-state index in [4.69, 9.17) is 4.42 Å². The zero-order valence-corrected chi connectivity index (χ0v) is 13.8. The van der Waals surface area contributed by atoms with E-state index in [-0.39, 0.29) is 5.91 Å². The van der Waals surface area contributed by atoms with Crippen molar-refractivity contribution in [1.29, 1.82) is 0 Å². The first-order chi connectivity index (χ1) is 11.1. The molecule has 0 bridgehead atoms. The normalized spacial score (nSPS) is 14.8. The number of benzene rings is 1. The second-order valence-corrected chi connectivity index (χ2v) is 6.03. The van der Waals surface area contributed by atoms with Gasteiger partial charge in [0.2, 0.25) is 0 Å². The monoisotopic (exact) mass is 313 g/mol. The predicted octanol–water partition coefficient (Wildman–Crippen LogP) is 3.21. The fourth-order valence-corrected chi connectivity index (χ4v) is 2.98. The van der Waals surface area contributed by atoms with Gasteiger partial charge in [0.15, 0.2) is 11.6 Å². The fraction of sp³-hybridized carbons (Fsp3) is 0.444. The Hall–Kier alpha value is -2.30. The topological polar surface area (TPSA) is 58.4 Å². The highest BCUT2D eigenvalue weighted by Gasteiger charge is 2.15. The molecule has 1 N–H and O–H groups in total. The van der Waals surface area contributed by atoms with Gasteiger partial charge in [-0.2, -0.15) is 0 Å². The summed E-state index contributed by atoms with van der Waals surface area (Å²) in [5, 5.41) is 2.89. The minimum absolute atomic E-state index is 0.195. The maximum Gasteiger partial charge on any atom is 0.273 e. The summed E-state index contributed by atoms with van der Waals surface area (Å²) >= 11 is 0. The van der Waals surface area contributed by atoms with E-state index >= 15 is 0 Å². The lowest BCUT2D eigenvalue weighted by Crippen LogP contribution is -2.29. The number of rotatable bonds is 4. The maximum atomic E-state index is 12.1. The number of aryl methyl sites for hydroxylation is 2. The van der Waals surface area contributed by atoms with Crippen LogP contribution in [0, 0.1) is 13.8 Å². The Bertz CT molecular complexity index is 670. The van der Waals surface area contributed by atoms with Crippen LogP contribution in [0.2, 0.25) is 0 Å². The Morgan fingerprint density at radius 2 is 1.87 bits per heavy atom. The molecule has 1 fully saturated rings. The molecule has 1 aliphatic heterocycles. The predicted molar refractivity (Wildman–Crippen MR) is 89.7 cm³/mol. The van der Waals surface area contributed by atoms with Crippen LogP contribution in [0.1, 0.15) is 47.0 Å². The van der Waals surface area contributed by atoms with Crippen LogP contribution < -0.4 is 10.2 Å². The molecular formula is C18H23N3O2. The first-order valence-corrected chi connectivity index (χ1v) is 8.19. The number of anilines is 1. The SMILES string of the molecule is Cc1nc(C(=O)NCc2ccc(N3CCCCC3)cc2)c(C)o1. The number of aromatic nitrogens is 1. The van der Waals surface area contributed by atoms with Crippen LogP contribution in [0.5, 0.6) is 0 Å². The molecule has 1 saturated heterocycles. The Balaban J connectivity index is 1.58. The molecule has 2 aromatic rings. The summed E-state index contributed by atoms with van der Waals surface area (Å²) in [6.45, 7) is 6.26. The van der Waals surface area contributed by atoms with E-state index in [1.807, 2.05) is 0 Å². The molecule has 1 aromatic carbocycles. The number of carbonyl (C=O) groups is 1. The summed E-state index contributed by atoms with van der Waals surface area (Å²) in [6.07, 6.45) is 3.88. The Labute approximate surface area is 136 Å². The number of nitrogens with one attached hydrogen (secondary N) is 1. The first-order valence-electron chi connectivity index (χ1n) is 8.19. The number of amides is 1. The lowest BCUT2D eigenvalue weighted by atomic mass is 10.1. The van der Waals surface area contributed by atoms with Crippen LogP contribution in [0.3, 0.4) is 0 Å². The van der Waals surface area contributed by atoms with E-state index in [1.165, 1.54) is 24.9 Å². The summed E-state index contributed by atoms with van der Waals surface area (Å²) in [6, 6.07) is 8.42. The average Bonchev–Trinajstić information content (AvgIpc) is 2.92. The van der Waals surface area contributed by atoms with Crippen LogP contribution in [-0.2, 0) is 6.54 Å². The molecule has 0 aliphatic carbocycles. The van der Waals surface area contributed by atoms with Crippen LogP contribution in [0.4, 0.5) is 5.69 Å². The van der Waals surface area contributed by atoms with Crippen molar-refractivity contribution >= 4 is 11.6 Å². The standard InChI is InChI=1S/C18H23N3O2/c1-13-17(20-14(2)23-13)18(22)19-12-15-6-8-16(9-7-15)21-10-4-3-5-11-21/h6-9H,3-5,10-12H2,1-2H3,(H,19,22). The summed E-state index contributed by atoms with van der Waals surface area (Å²) in [7, 11) is 0. The molecule has 5 heteroatoms. The summed E-state index contributed by atoms with van der Waals surface area (Å²) in [4.78, 5) is 18.7. The van der Waals surface area contributed by atoms with Crippen molar-refractivity contribution in [3.63, 3.8) is 0 Å². The van der Waals surface area contributed by atoms with Crippen LogP contribution >= 0.6 is 0 Å². The van der Waals surface area contributed by atoms with Crippen molar-refractivity contribution in [2.75, 3.05) is 18.0 Å². The average molecular weight is 313 g/mol. The molecule has 0 atom stereocenters. The van der Waals surface area contributed by atoms with Gasteiger partial charge in [0.1, 0.15) is 5.76 Å². The number of piperidine rings is 1. The Morgan fingerprint density at radius 3 is 2.48 bits per heavy atom. The number of oxazole rings is 1. The Kier molecular flexibility index (Phi) is 4.65. The minimum atomic E-state index is -0.195. The lowest BCUT2D eigenvalue weighted by Gasteiger charge is -2.28. The molecule has 122 valence electrons. The number of hydrogen-bond donors (Lipinski definition) is 1. The molecule has 5 nitrogen and oxygen atoms in total. The molecule has 3 rings (SSSR count). The minimum Gasteiger partial charge on any atom is -0.445 e. The van der Waals surface area contributed by atoms with Crippen molar-refractivity contribution in [2.45, 2.75) is 39.7 Å². The molecule has 0 radical (unpaired) electrons. The van der Waals surface area contributed by atoms with Crippen molar-refractivity contribution in [2.24, 2.45) is 0 Å². The van der Waals surface area contributed by atoms with E-state index in [9.17, 15) is 4.79 Å². The van der Waals surface area contributed by atoms with Gasteiger partial charge in [0, 0.05) is 32.2 Å². The van der Waals surface area contributed by atoms with Gasteiger partial charge in [0.05, 0.1) is 0 Å². The van der Waals surface area contributed by atoms with Gasteiger partial charge in [-0.15, -0.1) is 0 Å². The van der Waals surface area contributed by atoms with Crippen molar-refractivity contribution < 1.29 is 9.21 Å². The smallest absolute Gasteiger partial charge is 0.273 e. The van der Waals surface area contributed by atoms with Crippen LogP contribution in [-0.4, -0.2) is 24.0 Å². The molecule has 2 heterocycles. The van der Waals surface area contributed by atoms with E-state index < -0.39 is 0 Å². The third kappa shape index (κ3) is 3.73. The van der Waals surface area contributed by atoms with Crippen molar-refractivity contribution in [3.05, 3.63) is 47.2 Å².